The van der Waals surface area contributed by atoms with E-state index in [1.165, 1.54) is 11.9 Å². The first-order chi connectivity index (χ1) is 12.3. The molecule has 3 heterocycles. The van der Waals surface area contributed by atoms with Crippen LogP contribution in [-0.4, -0.2) is 47.1 Å². The standard InChI is InChI=1S/C19H19N3O3/c23-19(17-3-5-20-13-21-17)22-6-8-24-12-15(11-22)9-14-1-2-16-4-7-25-18(16)10-14/h1-5,7,10,13,15H,6,8-9,11-12H2. The molecule has 25 heavy (non-hydrogen) atoms. The van der Waals surface area contributed by atoms with Crippen molar-refractivity contribution in [2.24, 2.45) is 5.92 Å². The van der Waals surface area contributed by atoms with E-state index in [1.807, 2.05) is 11.0 Å². The maximum Gasteiger partial charge on any atom is 0.272 e. The highest BCUT2D eigenvalue weighted by atomic mass is 16.5. The molecule has 0 radical (unpaired) electrons. The summed E-state index contributed by atoms with van der Waals surface area (Å²) in [7, 11) is 0. The molecule has 0 spiro atoms. The van der Waals surface area contributed by atoms with E-state index in [-0.39, 0.29) is 11.8 Å². The zero-order valence-corrected chi connectivity index (χ0v) is 13.8. The predicted molar refractivity (Wildman–Crippen MR) is 92.2 cm³/mol. The number of nitrogens with zero attached hydrogens (tertiary/aromatic N) is 3. The fourth-order valence-electron chi connectivity index (χ4n) is 3.23. The molecule has 4 rings (SSSR count). The van der Waals surface area contributed by atoms with Crippen LogP contribution in [-0.2, 0) is 11.2 Å². The van der Waals surface area contributed by atoms with Gasteiger partial charge in [0.1, 0.15) is 17.6 Å². The number of hydrogen-bond donors (Lipinski definition) is 0. The third-order valence-electron chi connectivity index (χ3n) is 4.47. The van der Waals surface area contributed by atoms with Gasteiger partial charge in [0.15, 0.2) is 0 Å². The molecular weight excluding hydrogens is 318 g/mol. The highest BCUT2D eigenvalue weighted by molar-refractivity contribution is 5.92. The Morgan fingerprint density at radius 3 is 3.12 bits per heavy atom. The van der Waals surface area contributed by atoms with Gasteiger partial charge < -0.3 is 14.1 Å². The Bertz CT molecular complexity index is 862. The van der Waals surface area contributed by atoms with E-state index in [1.54, 1.807) is 18.5 Å². The molecule has 0 saturated carbocycles. The molecule has 1 amide bonds. The molecule has 1 aliphatic heterocycles. The Hall–Kier alpha value is -2.73. The summed E-state index contributed by atoms with van der Waals surface area (Å²) in [5.74, 6) is 0.167. The van der Waals surface area contributed by atoms with Crippen molar-refractivity contribution < 1.29 is 13.9 Å². The second-order valence-electron chi connectivity index (χ2n) is 6.28. The first-order valence-electron chi connectivity index (χ1n) is 8.39. The van der Waals surface area contributed by atoms with E-state index < -0.39 is 0 Å². The molecule has 1 fully saturated rings. The lowest BCUT2D eigenvalue weighted by Gasteiger charge is -2.23. The first kappa shape index (κ1) is 15.8. The summed E-state index contributed by atoms with van der Waals surface area (Å²) in [5.41, 5.74) is 2.50. The van der Waals surface area contributed by atoms with Gasteiger partial charge in [-0.15, -0.1) is 0 Å². The van der Waals surface area contributed by atoms with Gasteiger partial charge in [-0.1, -0.05) is 12.1 Å². The molecule has 0 N–H and O–H groups in total. The van der Waals surface area contributed by atoms with Crippen LogP contribution in [0.4, 0.5) is 0 Å². The molecule has 0 bridgehead atoms. The van der Waals surface area contributed by atoms with Gasteiger partial charge in [-0.3, -0.25) is 4.79 Å². The van der Waals surface area contributed by atoms with E-state index in [0.717, 1.165) is 17.4 Å². The number of benzene rings is 1. The number of furan rings is 1. The molecule has 1 atom stereocenters. The predicted octanol–water partition coefficient (Wildman–Crippen LogP) is 2.55. The van der Waals surface area contributed by atoms with Crippen LogP contribution in [0.1, 0.15) is 16.1 Å². The summed E-state index contributed by atoms with van der Waals surface area (Å²) in [5, 5.41) is 1.10. The van der Waals surface area contributed by atoms with Crippen molar-refractivity contribution in [3.63, 3.8) is 0 Å². The molecular formula is C19H19N3O3. The van der Waals surface area contributed by atoms with E-state index in [4.69, 9.17) is 9.15 Å². The molecule has 1 aromatic carbocycles. The van der Waals surface area contributed by atoms with Gasteiger partial charge in [0.2, 0.25) is 0 Å². The number of ether oxygens (including phenoxy) is 1. The van der Waals surface area contributed by atoms with Gasteiger partial charge in [-0.25, -0.2) is 9.97 Å². The summed E-state index contributed by atoms with van der Waals surface area (Å²) in [6.07, 6.45) is 5.53. The molecule has 1 unspecified atom stereocenters. The second-order valence-corrected chi connectivity index (χ2v) is 6.28. The van der Waals surface area contributed by atoms with Crippen molar-refractivity contribution in [1.29, 1.82) is 0 Å². The number of fused-ring (bicyclic) bond motifs is 1. The lowest BCUT2D eigenvalue weighted by Crippen LogP contribution is -2.36. The number of hydrogen-bond acceptors (Lipinski definition) is 5. The van der Waals surface area contributed by atoms with Crippen molar-refractivity contribution in [3.05, 3.63) is 60.4 Å². The fraction of sp³-hybridized carbons (Fsp3) is 0.316. The SMILES string of the molecule is O=C(c1ccncn1)N1CCOCC(Cc2ccc3ccoc3c2)C1. The van der Waals surface area contributed by atoms with Crippen LogP contribution in [0.5, 0.6) is 0 Å². The minimum Gasteiger partial charge on any atom is -0.464 e. The Labute approximate surface area is 145 Å². The summed E-state index contributed by atoms with van der Waals surface area (Å²) >= 11 is 0. The van der Waals surface area contributed by atoms with Crippen molar-refractivity contribution in [1.82, 2.24) is 14.9 Å². The third-order valence-corrected chi connectivity index (χ3v) is 4.47. The van der Waals surface area contributed by atoms with E-state index in [2.05, 4.69) is 28.2 Å². The molecule has 6 nitrogen and oxygen atoms in total. The lowest BCUT2D eigenvalue weighted by atomic mass is 9.99. The van der Waals surface area contributed by atoms with Crippen molar-refractivity contribution in [3.8, 4) is 0 Å². The quantitative estimate of drug-likeness (QED) is 0.735. The van der Waals surface area contributed by atoms with Gasteiger partial charge in [0.05, 0.1) is 19.5 Å². The van der Waals surface area contributed by atoms with Crippen LogP contribution in [0.25, 0.3) is 11.0 Å². The smallest absolute Gasteiger partial charge is 0.272 e. The minimum atomic E-state index is -0.0700. The van der Waals surface area contributed by atoms with Crippen LogP contribution in [0.15, 0.2) is 53.5 Å². The summed E-state index contributed by atoms with van der Waals surface area (Å²) in [6, 6.07) is 9.84. The average Bonchev–Trinajstić information content (AvgIpc) is 2.99. The van der Waals surface area contributed by atoms with Gasteiger partial charge >= 0.3 is 0 Å². The van der Waals surface area contributed by atoms with E-state index in [9.17, 15) is 4.79 Å². The Morgan fingerprint density at radius 2 is 2.24 bits per heavy atom. The fourth-order valence-corrected chi connectivity index (χ4v) is 3.23. The summed E-state index contributed by atoms with van der Waals surface area (Å²) < 4.78 is 11.2. The van der Waals surface area contributed by atoms with Crippen molar-refractivity contribution in [2.45, 2.75) is 6.42 Å². The third kappa shape index (κ3) is 3.53. The number of carbonyl (C=O) groups is 1. The topological polar surface area (TPSA) is 68.5 Å². The average molecular weight is 337 g/mol. The van der Waals surface area contributed by atoms with Gasteiger partial charge in [-0.05, 0) is 30.2 Å². The molecule has 1 saturated heterocycles. The van der Waals surface area contributed by atoms with E-state index in [0.29, 0.717) is 32.0 Å². The zero-order valence-electron chi connectivity index (χ0n) is 13.8. The van der Waals surface area contributed by atoms with Gasteiger partial charge in [0, 0.05) is 30.6 Å². The van der Waals surface area contributed by atoms with Crippen molar-refractivity contribution in [2.75, 3.05) is 26.3 Å². The molecule has 128 valence electrons. The normalized spacial score (nSPS) is 18.2. The zero-order chi connectivity index (χ0) is 17.1. The summed E-state index contributed by atoms with van der Waals surface area (Å²) in [4.78, 5) is 22.4. The molecule has 0 aliphatic carbocycles. The van der Waals surface area contributed by atoms with Gasteiger partial charge in [-0.2, -0.15) is 0 Å². The largest absolute Gasteiger partial charge is 0.464 e. The molecule has 2 aromatic heterocycles. The molecule has 1 aliphatic rings. The van der Waals surface area contributed by atoms with Crippen LogP contribution in [0, 0.1) is 5.92 Å². The first-order valence-corrected chi connectivity index (χ1v) is 8.39. The summed E-state index contributed by atoms with van der Waals surface area (Å²) in [6.45, 7) is 2.42. The highest BCUT2D eigenvalue weighted by Crippen LogP contribution is 2.21. The van der Waals surface area contributed by atoms with Crippen LogP contribution >= 0.6 is 0 Å². The van der Waals surface area contributed by atoms with Crippen molar-refractivity contribution >= 4 is 16.9 Å². The monoisotopic (exact) mass is 337 g/mol. The minimum absolute atomic E-state index is 0.0700. The highest BCUT2D eigenvalue weighted by Gasteiger charge is 2.24. The lowest BCUT2D eigenvalue weighted by molar-refractivity contribution is 0.0731. The van der Waals surface area contributed by atoms with Crippen LogP contribution < -0.4 is 0 Å². The number of rotatable bonds is 3. The second kappa shape index (κ2) is 7.03. The number of carbonyl (C=O) groups excluding carboxylic acids is 1. The van der Waals surface area contributed by atoms with Crippen LogP contribution in [0.3, 0.4) is 0 Å². The maximum atomic E-state index is 12.7. The molecule has 6 heteroatoms. The van der Waals surface area contributed by atoms with E-state index >= 15 is 0 Å². The number of amides is 1. The van der Waals surface area contributed by atoms with Crippen LogP contribution in [0.2, 0.25) is 0 Å². The number of aromatic nitrogens is 2. The Morgan fingerprint density at radius 1 is 1.28 bits per heavy atom. The molecule has 3 aromatic rings. The van der Waals surface area contributed by atoms with Gasteiger partial charge in [0.25, 0.3) is 5.91 Å². The maximum absolute atomic E-state index is 12.7. The Kier molecular flexibility index (Phi) is 4.43. The Balaban J connectivity index is 1.48.